The third kappa shape index (κ3) is 3.58. The van der Waals surface area contributed by atoms with Crippen molar-refractivity contribution in [1.82, 2.24) is 19.6 Å². The molecule has 2 aromatic heterocycles. The zero-order valence-electron chi connectivity index (χ0n) is 19.5. The zero-order chi connectivity index (χ0) is 25.0. The molecule has 36 heavy (non-hydrogen) atoms. The van der Waals surface area contributed by atoms with Crippen molar-refractivity contribution in [2.75, 3.05) is 31.8 Å². The molecule has 186 valence electrons. The van der Waals surface area contributed by atoms with Crippen LogP contribution in [0.5, 0.6) is 0 Å². The molecule has 0 aliphatic carbocycles. The van der Waals surface area contributed by atoms with E-state index in [1.165, 1.54) is 12.0 Å². The summed E-state index contributed by atoms with van der Waals surface area (Å²) in [4.78, 5) is 30.8. The average Bonchev–Trinajstić information content (AvgIpc) is 3.50. The summed E-state index contributed by atoms with van der Waals surface area (Å²) in [5.74, 6) is -1.57. The second-order valence-corrected chi connectivity index (χ2v) is 9.12. The first-order valence-electron chi connectivity index (χ1n) is 11.8. The topological polar surface area (TPSA) is 102 Å². The monoisotopic (exact) mass is 495 g/mol. The first-order chi connectivity index (χ1) is 17.5. The number of hydrogen-bond donors (Lipinski definition) is 1. The SMILES string of the molecule is COCc1cc2c(cc1C(=O)N1CCc3cc(F)c(F)cc31)[nH]c(=O)c1nnc(C3CCOCC3)n12. The summed E-state index contributed by atoms with van der Waals surface area (Å²) >= 11 is 0. The number of benzene rings is 2. The molecular weight excluding hydrogens is 472 g/mol. The second-order valence-electron chi connectivity index (χ2n) is 9.12. The van der Waals surface area contributed by atoms with Gasteiger partial charge in [-0.1, -0.05) is 0 Å². The van der Waals surface area contributed by atoms with Crippen molar-refractivity contribution in [3.05, 3.63) is 68.8 Å². The number of nitrogens with one attached hydrogen (secondary N) is 1. The molecular formula is C25H23F2N5O4. The smallest absolute Gasteiger partial charge is 0.294 e. The molecule has 2 aliphatic heterocycles. The highest BCUT2D eigenvalue weighted by Crippen LogP contribution is 2.33. The summed E-state index contributed by atoms with van der Waals surface area (Å²) in [6, 6.07) is 5.59. The maximum atomic E-state index is 14.0. The van der Waals surface area contributed by atoms with Crippen LogP contribution in [0, 0.1) is 11.6 Å². The Labute approximate surface area is 203 Å². The molecule has 1 amide bonds. The molecule has 0 spiro atoms. The van der Waals surface area contributed by atoms with Crippen molar-refractivity contribution in [2.24, 2.45) is 0 Å². The standard InChI is InChI=1S/C25H23F2N5O4/c1-35-12-15-9-21-19(28-24(33)23-30-29-22(32(21)23)13-3-6-36-7-4-13)10-16(15)25(34)31-5-2-14-8-17(26)18(27)11-20(14)31/h8-11,13H,2-7,12H2,1H3,(H,28,33). The van der Waals surface area contributed by atoms with E-state index >= 15 is 0 Å². The molecule has 0 atom stereocenters. The highest BCUT2D eigenvalue weighted by molar-refractivity contribution is 6.09. The van der Waals surface area contributed by atoms with E-state index in [1.807, 2.05) is 0 Å². The van der Waals surface area contributed by atoms with Crippen LogP contribution in [-0.4, -0.2) is 52.4 Å². The van der Waals surface area contributed by atoms with Crippen molar-refractivity contribution in [1.29, 1.82) is 0 Å². The summed E-state index contributed by atoms with van der Waals surface area (Å²) in [6.45, 7) is 1.63. The van der Waals surface area contributed by atoms with Crippen LogP contribution >= 0.6 is 0 Å². The van der Waals surface area contributed by atoms with Gasteiger partial charge < -0.3 is 19.4 Å². The number of carbonyl (C=O) groups is 1. The van der Waals surface area contributed by atoms with Crippen LogP contribution in [0.1, 0.15) is 46.1 Å². The zero-order valence-corrected chi connectivity index (χ0v) is 19.5. The number of aromatic nitrogens is 4. The Kier molecular flexibility index (Phi) is 5.53. The van der Waals surface area contributed by atoms with Gasteiger partial charge in [0.05, 0.1) is 23.3 Å². The first-order valence-corrected chi connectivity index (χ1v) is 11.8. The van der Waals surface area contributed by atoms with Crippen molar-refractivity contribution in [3.63, 3.8) is 0 Å². The highest BCUT2D eigenvalue weighted by Gasteiger charge is 2.30. The van der Waals surface area contributed by atoms with E-state index in [2.05, 4.69) is 15.2 Å². The van der Waals surface area contributed by atoms with Crippen LogP contribution in [0.15, 0.2) is 29.1 Å². The summed E-state index contributed by atoms with van der Waals surface area (Å²) in [7, 11) is 1.52. The lowest BCUT2D eigenvalue weighted by atomic mass is 9.99. The Hall–Kier alpha value is -3.70. The number of methoxy groups -OCH3 is 1. The van der Waals surface area contributed by atoms with Crippen LogP contribution in [0.3, 0.4) is 0 Å². The Morgan fingerprint density at radius 3 is 2.72 bits per heavy atom. The predicted molar refractivity (Wildman–Crippen MR) is 126 cm³/mol. The van der Waals surface area contributed by atoms with Gasteiger partial charge in [0.2, 0.25) is 5.65 Å². The number of amides is 1. The molecule has 4 aromatic rings. The number of carbonyl (C=O) groups excluding carboxylic acids is 1. The van der Waals surface area contributed by atoms with Gasteiger partial charge in [-0.3, -0.25) is 14.0 Å². The third-order valence-corrected chi connectivity index (χ3v) is 6.98. The summed E-state index contributed by atoms with van der Waals surface area (Å²) in [5.41, 5.74) is 2.64. The first kappa shape index (κ1) is 22.7. The van der Waals surface area contributed by atoms with E-state index in [4.69, 9.17) is 9.47 Å². The molecule has 2 aliphatic rings. The van der Waals surface area contributed by atoms with E-state index in [9.17, 15) is 18.4 Å². The van der Waals surface area contributed by atoms with Gasteiger partial charge in [-0.25, -0.2) is 8.78 Å². The van der Waals surface area contributed by atoms with Crippen molar-refractivity contribution < 1.29 is 23.0 Å². The van der Waals surface area contributed by atoms with Gasteiger partial charge in [0.25, 0.3) is 11.5 Å². The number of hydrogen-bond acceptors (Lipinski definition) is 6. The summed E-state index contributed by atoms with van der Waals surface area (Å²) in [5, 5.41) is 8.47. The number of fused-ring (bicyclic) bond motifs is 4. The Morgan fingerprint density at radius 2 is 1.94 bits per heavy atom. The van der Waals surface area contributed by atoms with Gasteiger partial charge in [0.15, 0.2) is 11.6 Å². The lowest BCUT2D eigenvalue weighted by Gasteiger charge is -2.22. The van der Waals surface area contributed by atoms with Crippen LogP contribution in [0.2, 0.25) is 0 Å². The van der Waals surface area contributed by atoms with Crippen molar-refractivity contribution >= 4 is 28.3 Å². The molecule has 9 nitrogen and oxygen atoms in total. The van der Waals surface area contributed by atoms with Crippen molar-refractivity contribution in [3.8, 4) is 0 Å². The van der Waals surface area contributed by atoms with E-state index in [0.29, 0.717) is 58.9 Å². The fourth-order valence-corrected chi connectivity index (χ4v) is 5.21. The lowest BCUT2D eigenvalue weighted by molar-refractivity contribution is 0.0834. The number of H-pyrrole nitrogens is 1. The Bertz CT molecular complexity index is 1570. The van der Waals surface area contributed by atoms with Gasteiger partial charge in [-0.2, -0.15) is 0 Å². The minimum atomic E-state index is -1.01. The summed E-state index contributed by atoms with van der Waals surface area (Å²) < 4.78 is 40.3. The van der Waals surface area contributed by atoms with Gasteiger partial charge >= 0.3 is 0 Å². The molecule has 0 unspecified atom stereocenters. The maximum Gasteiger partial charge on any atom is 0.294 e. The fraction of sp³-hybridized carbons (Fsp3) is 0.360. The highest BCUT2D eigenvalue weighted by atomic mass is 19.2. The van der Waals surface area contributed by atoms with Gasteiger partial charge in [-0.05, 0) is 48.6 Å². The van der Waals surface area contributed by atoms with Crippen LogP contribution < -0.4 is 10.5 Å². The number of rotatable bonds is 4. The Morgan fingerprint density at radius 1 is 1.17 bits per heavy atom. The Balaban J connectivity index is 1.51. The lowest BCUT2D eigenvalue weighted by Crippen LogP contribution is -2.30. The second kappa shape index (κ2) is 8.75. The van der Waals surface area contributed by atoms with Crippen molar-refractivity contribution in [2.45, 2.75) is 31.8 Å². The van der Waals surface area contributed by atoms with Gasteiger partial charge in [-0.15, -0.1) is 10.2 Å². The minimum absolute atomic E-state index is 0.0855. The van der Waals surface area contributed by atoms with Gasteiger partial charge in [0.1, 0.15) is 5.82 Å². The minimum Gasteiger partial charge on any atom is -0.381 e. The van der Waals surface area contributed by atoms with Crippen LogP contribution in [0.4, 0.5) is 14.5 Å². The normalized spacial score (nSPS) is 16.2. The molecule has 1 saturated heterocycles. The molecule has 6 rings (SSSR count). The molecule has 0 saturated carbocycles. The fourth-order valence-electron chi connectivity index (χ4n) is 5.21. The predicted octanol–water partition coefficient (Wildman–Crippen LogP) is 3.09. The molecule has 4 heterocycles. The average molecular weight is 495 g/mol. The molecule has 11 heteroatoms. The molecule has 0 radical (unpaired) electrons. The largest absolute Gasteiger partial charge is 0.381 e. The molecule has 1 fully saturated rings. The number of ether oxygens (including phenoxy) is 2. The molecule has 0 bridgehead atoms. The number of halogens is 2. The van der Waals surface area contributed by atoms with Crippen LogP contribution in [0.25, 0.3) is 16.7 Å². The summed E-state index contributed by atoms with van der Waals surface area (Å²) in [6.07, 6.45) is 1.95. The number of nitrogens with zero attached hydrogens (tertiary/aromatic N) is 4. The quantitative estimate of drug-likeness (QED) is 0.467. The van der Waals surface area contributed by atoms with Gasteiger partial charge in [0, 0.05) is 44.4 Å². The van der Waals surface area contributed by atoms with E-state index in [1.54, 1.807) is 16.5 Å². The maximum absolute atomic E-state index is 14.0. The van der Waals surface area contributed by atoms with E-state index < -0.39 is 17.2 Å². The van der Waals surface area contributed by atoms with E-state index in [-0.39, 0.29) is 30.6 Å². The molecule has 1 N–H and O–H groups in total. The third-order valence-electron chi connectivity index (χ3n) is 6.98. The van der Waals surface area contributed by atoms with Crippen LogP contribution in [-0.2, 0) is 22.5 Å². The molecule has 2 aromatic carbocycles. The number of anilines is 1. The number of aromatic amines is 1. The van der Waals surface area contributed by atoms with E-state index in [0.717, 1.165) is 25.0 Å².